The molecule has 0 amide bonds. The number of benzene rings is 1. The summed E-state index contributed by atoms with van der Waals surface area (Å²) in [7, 11) is 0. The SMILES string of the molecule is CC(C)Oc1ccccc1[C@@](C)(O)C1CC1. The summed E-state index contributed by atoms with van der Waals surface area (Å²) in [5, 5.41) is 10.5. The molecule has 0 radical (unpaired) electrons. The van der Waals surface area contributed by atoms with E-state index in [4.69, 9.17) is 4.74 Å². The summed E-state index contributed by atoms with van der Waals surface area (Å²) in [6.07, 6.45) is 2.36. The highest BCUT2D eigenvalue weighted by Gasteiger charge is 2.42. The summed E-state index contributed by atoms with van der Waals surface area (Å²) in [6.45, 7) is 5.90. The fourth-order valence-corrected chi connectivity index (χ4v) is 2.11. The van der Waals surface area contributed by atoms with E-state index < -0.39 is 5.60 Å². The van der Waals surface area contributed by atoms with Crippen molar-refractivity contribution in [1.29, 1.82) is 0 Å². The molecule has 1 saturated carbocycles. The van der Waals surface area contributed by atoms with E-state index in [-0.39, 0.29) is 6.10 Å². The molecule has 2 nitrogen and oxygen atoms in total. The molecule has 1 N–H and O–H groups in total. The molecule has 0 aromatic heterocycles. The van der Waals surface area contributed by atoms with Gasteiger partial charge in [0.1, 0.15) is 5.75 Å². The highest BCUT2D eigenvalue weighted by atomic mass is 16.5. The van der Waals surface area contributed by atoms with Crippen molar-refractivity contribution in [2.45, 2.75) is 45.3 Å². The van der Waals surface area contributed by atoms with Crippen molar-refractivity contribution in [2.75, 3.05) is 0 Å². The summed E-state index contributed by atoms with van der Waals surface area (Å²) in [6, 6.07) is 7.81. The lowest BCUT2D eigenvalue weighted by molar-refractivity contribution is 0.0291. The third-order valence-electron chi connectivity index (χ3n) is 3.17. The van der Waals surface area contributed by atoms with Crippen LogP contribution in [0.25, 0.3) is 0 Å². The first kappa shape index (κ1) is 11.5. The van der Waals surface area contributed by atoms with Crippen LogP contribution in [0.3, 0.4) is 0 Å². The van der Waals surface area contributed by atoms with E-state index in [2.05, 4.69) is 0 Å². The van der Waals surface area contributed by atoms with Gasteiger partial charge in [0.05, 0.1) is 11.7 Å². The van der Waals surface area contributed by atoms with E-state index >= 15 is 0 Å². The zero-order chi connectivity index (χ0) is 11.8. The van der Waals surface area contributed by atoms with Crippen molar-refractivity contribution in [1.82, 2.24) is 0 Å². The van der Waals surface area contributed by atoms with Crippen LogP contribution in [0, 0.1) is 5.92 Å². The van der Waals surface area contributed by atoms with Gasteiger partial charge in [-0.25, -0.2) is 0 Å². The third kappa shape index (κ3) is 2.22. The van der Waals surface area contributed by atoms with Crippen LogP contribution in [-0.4, -0.2) is 11.2 Å². The number of hydrogen-bond donors (Lipinski definition) is 1. The number of aliphatic hydroxyl groups is 1. The van der Waals surface area contributed by atoms with Gasteiger partial charge in [-0.15, -0.1) is 0 Å². The van der Waals surface area contributed by atoms with Gasteiger partial charge in [0.2, 0.25) is 0 Å². The maximum atomic E-state index is 10.5. The summed E-state index contributed by atoms with van der Waals surface area (Å²) in [5.74, 6) is 1.21. The Bertz CT molecular complexity index is 365. The quantitative estimate of drug-likeness (QED) is 0.845. The van der Waals surface area contributed by atoms with Crippen LogP contribution >= 0.6 is 0 Å². The Labute approximate surface area is 97.3 Å². The van der Waals surface area contributed by atoms with E-state index in [1.54, 1.807) is 0 Å². The minimum atomic E-state index is -0.745. The Kier molecular flexibility index (Phi) is 2.94. The van der Waals surface area contributed by atoms with Gasteiger partial charge in [-0.3, -0.25) is 0 Å². The van der Waals surface area contributed by atoms with Crippen LogP contribution in [0.1, 0.15) is 39.2 Å². The summed E-state index contributed by atoms with van der Waals surface area (Å²) in [4.78, 5) is 0. The number of ether oxygens (including phenoxy) is 1. The van der Waals surface area contributed by atoms with Gasteiger partial charge in [0, 0.05) is 5.56 Å². The van der Waals surface area contributed by atoms with E-state index in [1.165, 1.54) is 0 Å². The van der Waals surface area contributed by atoms with Crippen LogP contribution in [0.2, 0.25) is 0 Å². The fourth-order valence-electron chi connectivity index (χ4n) is 2.11. The second kappa shape index (κ2) is 4.10. The summed E-state index contributed by atoms with van der Waals surface area (Å²) < 4.78 is 5.75. The van der Waals surface area contributed by atoms with Crippen molar-refractivity contribution in [2.24, 2.45) is 5.92 Å². The van der Waals surface area contributed by atoms with Gasteiger partial charge < -0.3 is 9.84 Å². The lowest BCUT2D eigenvalue weighted by atomic mass is 9.90. The molecule has 1 aromatic carbocycles. The van der Waals surface area contributed by atoms with Gasteiger partial charge in [-0.1, -0.05) is 18.2 Å². The molecule has 2 rings (SSSR count). The summed E-state index contributed by atoms with van der Waals surface area (Å²) in [5.41, 5.74) is 0.178. The number of para-hydroxylation sites is 1. The molecular formula is C14H20O2. The molecule has 88 valence electrons. The minimum Gasteiger partial charge on any atom is -0.491 e. The largest absolute Gasteiger partial charge is 0.491 e. The molecule has 16 heavy (non-hydrogen) atoms. The van der Waals surface area contributed by atoms with Crippen LogP contribution in [0.4, 0.5) is 0 Å². The Balaban J connectivity index is 2.31. The van der Waals surface area contributed by atoms with Gasteiger partial charge in [-0.05, 0) is 45.6 Å². The predicted octanol–water partition coefficient (Wildman–Crippen LogP) is 3.09. The molecule has 0 spiro atoms. The van der Waals surface area contributed by atoms with Crippen LogP contribution in [0.5, 0.6) is 5.75 Å². The average Bonchev–Trinajstić information content (AvgIpc) is 3.00. The molecule has 1 aliphatic rings. The minimum absolute atomic E-state index is 0.135. The first-order chi connectivity index (χ1) is 7.51. The maximum Gasteiger partial charge on any atom is 0.125 e. The molecule has 1 aromatic rings. The second-order valence-electron chi connectivity index (χ2n) is 5.08. The smallest absolute Gasteiger partial charge is 0.125 e. The fraction of sp³-hybridized carbons (Fsp3) is 0.571. The zero-order valence-electron chi connectivity index (χ0n) is 10.2. The molecule has 0 saturated heterocycles. The molecule has 1 fully saturated rings. The monoisotopic (exact) mass is 220 g/mol. The van der Waals surface area contributed by atoms with Gasteiger partial charge in [0.25, 0.3) is 0 Å². The van der Waals surface area contributed by atoms with Crippen LogP contribution in [0.15, 0.2) is 24.3 Å². The maximum absolute atomic E-state index is 10.5. The highest BCUT2D eigenvalue weighted by molar-refractivity contribution is 5.38. The Morgan fingerprint density at radius 2 is 1.94 bits per heavy atom. The number of rotatable bonds is 4. The first-order valence-electron chi connectivity index (χ1n) is 6.00. The molecule has 0 heterocycles. The van der Waals surface area contributed by atoms with Gasteiger partial charge >= 0.3 is 0 Å². The van der Waals surface area contributed by atoms with E-state index in [1.807, 2.05) is 45.0 Å². The van der Waals surface area contributed by atoms with Crippen molar-refractivity contribution in [3.8, 4) is 5.75 Å². The highest BCUT2D eigenvalue weighted by Crippen LogP contribution is 2.47. The predicted molar refractivity (Wildman–Crippen MR) is 64.5 cm³/mol. The van der Waals surface area contributed by atoms with Gasteiger partial charge in [-0.2, -0.15) is 0 Å². The molecule has 2 heteroatoms. The van der Waals surface area contributed by atoms with Gasteiger partial charge in [0.15, 0.2) is 0 Å². The van der Waals surface area contributed by atoms with E-state index in [0.29, 0.717) is 5.92 Å². The van der Waals surface area contributed by atoms with Crippen LogP contribution < -0.4 is 4.74 Å². The topological polar surface area (TPSA) is 29.5 Å². The Hall–Kier alpha value is -1.02. The summed E-state index contributed by atoms with van der Waals surface area (Å²) >= 11 is 0. The molecule has 0 unspecified atom stereocenters. The van der Waals surface area contributed by atoms with Crippen molar-refractivity contribution >= 4 is 0 Å². The zero-order valence-corrected chi connectivity index (χ0v) is 10.2. The Morgan fingerprint density at radius 1 is 1.31 bits per heavy atom. The lowest BCUT2D eigenvalue weighted by Crippen LogP contribution is -2.25. The van der Waals surface area contributed by atoms with Crippen LogP contribution in [-0.2, 0) is 5.60 Å². The van der Waals surface area contributed by atoms with Crippen molar-refractivity contribution < 1.29 is 9.84 Å². The molecule has 0 aliphatic heterocycles. The number of hydrogen-bond acceptors (Lipinski definition) is 2. The standard InChI is InChI=1S/C14H20O2/c1-10(2)16-13-7-5-4-6-12(13)14(3,15)11-8-9-11/h4-7,10-11,15H,8-9H2,1-3H3/t14-/m0/s1. The molecule has 0 bridgehead atoms. The van der Waals surface area contributed by atoms with Crippen molar-refractivity contribution in [3.05, 3.63) is 29.8 Å². The van der Waals surface area contributed by atoms with E-state index in [9.17, 15) is 5.11 Å². The molecule has 1 atom stereocenters. The lowest BCUT2D eigenvalue weighted by Gasteiger charge is -2.26. The first-order valence-corrected chi connectivity index (χ1v) is 6.00. The normalized spacial score (nSPS) is 19.6. The second-order valence-corrected chi connectivity index (χ2v) is 5.08. The van der Waals surface area contributed by atoms with E-state index in [0.717, 1.165) is 24.2 Å². The molecular weight excluding hydrogens is 200 g/mol. The third-order valence-corrected chi connectivity index (χ3v) is 3.17. The van der Waals surface area contributed by atoms with Crippen molar-refractivity contribution in [3.63, 3.8) is 0 Å². The molecule has 1 aliphatic carbocycles. The Morgan fingerprint density at radius 3 is 2.50 bits per heavy atom. The average molecular weight is 220 g/mol.